The fraction of sp³-hybridized carbons (Fsp3) is 0.833. The van der Waals surface area contributed by atoms with E-state index in [1.165, 1.54) is 0 Å². The number of hydrogen-bond donors (Lipinski definition) is 5. The van der Waals surface area contributed by atoms with Crippen LogP contribution in [0, 0.1) is 0 Å². The first kappa shape index (κ1) is 15.6. The van der Waals surface area contributed by atoms with Crippen molar-refractivity contribution in [2.24, 2.45) is 0 Å². The minimum atomic E-state index is -4.85. The van der Waals surface area contributed by atoms with Crippen molar-refractivity contribution in [3.05, 3.63) is 0 Å². The molecule has 0 aromatic carbocycles. The second-order valence-electron chi connectivity index (χ2n) is 2.92. The van der Waals surface area contributed by atoms with Gasteiger partial charge in [0.1, 0.15) is 18.3 Å². The fourth-order valence-corrected chi connectivity index (χ4v) is 1.11. The van der Waals surface area contributed by atoms with Crippen LogP contribution in [0.2, 0.25) is 0 Å². The molecule has 96 valence electrons. The maximum Gasteiger partial charge on any atom is 0.469 e. The molecule has 0 unspecified atom stereocenters. The van der Waals surface area contributed by atoms with Gasteiger partial charge in [-0.1, -0.05) is 0 Å². The maximum atomic E-state index is 12.9. The van der Waals surface area contributed by atoms with Crippen molar-refractivity contribution < 1.29 is 43.4 Å². The summed E-state index contributed by atoms with van der Waals surface area (Å²) in [6.45, 7) is -1.04. The summed E-state index contributed by atoms with van der Waals surface area (Å²) in [6, 6.07) is 0. The molecule has 0 bridgehead atoms. The number of phosphoric ester groups is 1. The molecule has 0 saturated carbocycles. The van der Waals surface area contributed by atoms with E-state index in [1.807, 2.05) is 0 Å². The smallest absolute Gasteiger partial charge is 0.388 e. The third-order valence-electron chi connectivity index (χ3n) is 1.60. The molecule has 0 fully saturated rings. The molecule has 0 rings (SSSR count). The van der Waals surface area contributed by atoms with Gasteiger partial charge < -0.3 is 29.9 Å². The first-order chi connectivity index (χ1) is 7.19. The number of hydrogen-bond acceptors (Lipinski definition) is 6. The summed E-state index contributed by atoms with van der Waals surface area (Å²) in [5.74, 6) is 0. The van der Waals surface area contributed by atoms with Crippen molar-refractivity contribution in [2.75, 3.05) is 6.61 Å². The Kier molecular flexibility index (Phi) is 6.19. The number of halogens is 1. The van der Waals surface area contributed by atoms with Gasteiger partial charge in [0, 0.05) is 0 Å². The zero-order valence-electron chi connectivity index (χ0n) is 7.88. The van der Waals surface area contributed by atoms with E-state index in [0.29, 0.717) is 0 Å². The molecule has 0 aliphatic rings. The molecule has 8 nitrogen and oxygen atoms in total. The molecule has 0 aliphatic heterocycles. The second-order valence-corrected chi connectivity index (χ2v) is 4.15. The summed E-state index contributed by atoms with van der Waals surface area (Å²) in [7, 11) is -4.85. The Morgan fingerprint density at radius 3 is 2.19 bits per heavy atom. The molecule has 0 amide bonds. The van der Waals surface area contributed by atoms with Crippen molar-refractivity contribution >= 4 is 14.1 Å². The first-order valence-electron chi connectivity index (χ1n) is 4.02. The molecule has 0 heterocycles. The Hall–Kier alpha value is -0.410. The lowest BCUT2D eigenvalue weighted by atomic mass is 10.1. The van der Waals surface area contributed by atoms with Gasteiger partial charge in [0.2, 0.25) is 0 Å². The topological polar surface area (TPSA) is 145 Å². The lowest BCUT2D eigenvalue weighted by Crippen LogP contribution is -2.44. The molecule has 0 aromatic heterocycles. The van der Waals surface area contributed by atoms with Gasteiger partial charge in [-0.25, -0.2) is 8.96 Å². The Bertz CT molecular complexity index is 267. The monoisotopic (exact) mass is 262 g/mol. The van der Waals surface area contributed by atoms with Crippen molar-refractivity contribution in [3.63, 3.8) is 0 Å². The van der Waals surface area contributed by atoms with Gasteiger partial charge >= 0.3 is 7.82 Å². The number of aliphatic hydroxyl groups is 3. The average molecular weight is 262 g/mol. The lowest BCUT2D eigenvalue weighted by Gasteiger charge is -2.22. The quantitative estimate of drug-likeness (QED) is 0.255. The van der Waals surface area contributed by atoms with Crippen LogP contribution < -0.4 is 0 Å². The van der Waals surface area contributed by atoms with Crippen LogP contribution in [0.3, 0.4) is 0 Å². The molecule has 0 radical (unpaired) electrons. The third kappa shape index (κ3) is 5.61. The van der Waals surface area contributed by atoms with E-state index >= 15 is 0 Å². The van der Waals surface area contributed by atoms with Crippen LogP contribution in [0.25, 0.3) is 0 Å². The summed E-state index contributed by atoms with van der Waals surface area (Å²) in [5.41, 5.74) is 0. The van der Waals surface area contributed by atoms with E-state index in [1.54, 1.807) is 0 Å². The molecule has 16 heavy (non-hydrogen) atoms. The van der Waals surface area contributed by atoms with Gasteiger partial charge in [-0.2, -0.15) is 0 Å². The van der Waals surface area contributed by atoms with Crippen LogP contribution in [0.4, 0.5) is 4.39 Å². The molecule has 0 spiro atoms. The Labute approximate surface area is 89.5 Å². The summed E-state index contributed by atoms with van der Waals surface area (Å²) < 4.78 is 26.9. The Morgan fingerprint density at radius 1 is 1.31 bits per heavy atom. The van der Waals surface area contributed by atoms with Gasteiger partial charge in [0.05, 0.1) is 6.61 Å². The fourth-order valence-electron chi connectivity index (χ4n) is 0.761. The van der Waals surface area contributed by atoms with E-state index in [4.69, 9.17) is 25.1 Å². The minimum absolute atomic E-state index is 0.190. The van der Waals surface area contributed by atoms with Gasteiger partial charge in [0.15, 0.2) is 12.5 Å². The van der Waals surface area contributed by atoms with Crippen LogP contribution in [-0.4, -0.2) is 62.5 Å². The number of carbonyl (C=O) groups is 1. The van der Waals surface area contributed by atoms with Crippen LogP contribution >= 0.6 is 7.82 Å². The molecular formula is C6H12FO8P. The Balaban J connectivity index is 4.22. The Morgan fingerprint density at radius 2 is 1.81 bits per heavy atom. The lowest BCUT2D eigenvalue weighted by molar-refractivity contribution is -0.126. The van der Waals surface area contributed by atoms with Crippen molar-refractivity contribution in [3.8, 4) is 0 Å². The largest absolute Gasteiger partial charge is 0.469 e. The van der Waals surface area contributed by atoms with Crippen molar-refractivity contribution in [1.82, 2.24) is 0 Å². The summed E-state index contributed by atoms with van der Waals surface area (Å²) >= 11 is 0. The highest BCUT2D eigenvalue weighted by atomic mass is 31.2. The van der Waals surface area contributed by atoms with E-state index in [2.05, 4.69) is 4.52 Å². The van der Waals surface area contributed by atoms with Crippen molar-refractivity contribution in [1.29, 1.82) is 0 Å². The molecule has 4 atom stereocenters. The molecule has 5 N–H and O–H groups in total. The summed E-state index contributed by atoms with van der Waals surface area (Å²) in [6.07, 6.45) is -9.00. The predicted octanol–water partition coefficient (Wildman–Crippen LogP) is -2.28. The van der Waals surface area contributed by atoms with Crippen molar-refractivity contribution in [2.45, 2.75) is 24.5 Å². The number of rotatable bonds is 7. The third-order valence-corrected chi connectivity index (χ3v) is 2.09. The average Bonchev–Trinajstić information content (AvgIpc) is 2.21. The van der Waals surface area contributed by atoms with Crippen LogP contribution in [0.15, 0.2) is 0 Å². The normalized spacial score (nSPS) is 19.9. The second kappa shape index (κ2) is 6.36. The van der Waals surface area contributed by atoms with Gasteiger partial charge in [-0.3, -0.25) is 4.52 Å². The SMILES string of the molecule is O=C[C@H](O)[C@H](F)[C@H](O)[C@H](O)COP(=O)(O)O. The van der Waals surface area contributed by atoms with E-state index < -0.39 is 38.9 Å². The molecular weight excluding hydrogens is 250 g/mol. The standard InChI is InChI=1S/C6H12FO8P/c7-5(3(9)1-8)6(11)4(10)2-15-16(12,13)14/h1,3-6,9-11H,2H2,(H2,12,13,14)/t3-,4+,5-,6+/m0/s1. The van der Waals surface area contributed by atoms with Gasteiger partial charge in [0.25, 0.3) is 0 Å². The van der Waals surface area contributed by atoms with Crippen LogP contribution in [0.1, 0.15) is 0 Å². The van der Waals surface area contributed by atoms with Crippen LogP contribution in [0.5, 0.6) is 0 Å². The molecule has 10 heteroatoms. The highest BCUT2D eigenvalue weighted by molar-refractivity contribution is 7.46. The van der Waals surface area contributed by atoms with E-state index in [0.717, 1.165) is 0 Å². The molecule has 0 saturated heterocycles. The maximum absolute atomic E-state index is 12.9. The van der Waals surface area contributed by atoms with Gasteiger partial charge in [-0.15, -0.1) is 0 Å². The van der Waals surface area contributed by atoms with E-state index in [9.17, 15) is 13.8 Å². The minimum Gasteiger partial charge on any atom is -0.388 e. The number of alkyl halides is 1. The highest BCUT2D eigenvalue weighted by Gasteiger charge is 2.33. The summed E-state index contributed by atoms with van der Waals surface area (Å²) in [5, 5.41) is 26.7. The zero-order chi connectivity index (χ0) is 12.9. The van der Waals surface area contributed by atoms with Crippen LogP contribution in [-0.2, 0) is 13.9 Å². The highest BCUT2D eigenvalue weighted by Crippen LogP contribution is 2.35. The number of phosphoric acid groups is 1. The zero-order valence-corrected chi connectivity index (χ0v) is 8.77. The number of aliphatic hydroxyl groups excluding tert-OH is 3. The number of aldehydes is 1. The van der Waals surface area contributed by atoms with Gasteiger partial charge in [-0.05, 0) is 0 Å². The predicted molar refractivity (Wildman–Crippen MR) is 47.0 cm³/mol. The summed E-state index contributed by atoms with van der Waals surface area (Å²) in [4.78, 5) is 26.4. The molecule has 0 aromatic rings. The number of carbonyl (C=O) groups excluding carboxylic acids is 1. The molecule has 0 aliphatic carbocycles. The van der Waals surface area contributed by atoms with E-state index in [-0.39, 0.29) is 6.29 Å². The first-order valence-corrected chi connectivity index (χ1v) is 5.55.